The van der Waals surface area contributed by atoms with E-state index >= 15 is 0 Å². The quantitative estimate of drug-likeness (QED) is 0.423. The highest BCUT2D eigenvalue weighted by molar-refractivity contribution is 7.21. The molecule has 0 aromatic carbocycles. The van der Waals surface area contributed by atoms with Crippen molar-refractivity contribution in [3.05, 3.63) is 41.6 Å². The maximum Gasteiger partial charge on any atom is 0.260 e. The van der Waals surface area contributed by atoms with E-state index in [1.165, 1.54) is 16.1 Å². The topological polar surface area (TPSA) is 122 Å². The van der Waals surface area contributed by atoms with Crippen molar-refractivity contribution in [1.82, 2.24) is 34.5 Å². The predicted molar refractivity (Wildman–Crippen MR) is 134 cm³/mol. The summed E-state index contributed by atoms with van der Waals surface area (Å²) in [5, 5.41) is 18.8. The molecule has 2 amide bonds. The van der Waals surface area contributed by atoms with Gasteiger partial charge in [-0.25, -0.2) is 4.52 Å². The van der Waals surface area contributed by atoms with E-state index in [1.54, 1.807) is 36.9 Å². The second kappa shape index (κ2) is 9.19. The van der Waals surface area contributed by atoms with Crippen molar-refractivity contribution in [2.45, 2.75) is 39.7 Å². The van der Waals surface area contributed by atoms with Crippen LogP contribution >= 0.6 is 11.3 Å². The molecular weight excluding hydrogens is 466 g/mol. The fraction of sp³-hybridized carbons (Fsp3) is 0.391. The maximum atomic E-state index is 13.1. The van der Waals surface area contributed by atoms with E-state index in [0.29, 0.717) is 40.0 Å². The molecule has 12 heteroatoms. The number of carbonyl (C=O) groups excluding carboxylic acids is 2. The van der Waals surface area contributed by atoms with Crippen LogP contribution in [0.5, 0.6) is 0 Å². The van der Waals surface area contributed by atoms with E-state index in [2.05, 4.69) is 42.7 Å². The fourth-order valence-corrected chi connectivity index (χ4v) is 5.41. The number of pyridine rings is 1. The first-order valence-corrected chi connectivity index (χ1v) is 12.3. The third-order valence-electron chi connectivity index (χ3n) is 6.21. The van der Waals surface area contributed by atoms with E-state index in [1.807, 2.05) is 13.1 Å². The number of amides is 2. The Morgan fingerprint density at radius 3 is 2.71 bits per heavy atom. The molecule has 0 aliphatic carbocycles. The van der Waals surface area contributed by atoms with Crippen molar-refractivity contribution in [1.29, 1.82) is 0 Å². The minimum Gasteiger partial charge on any atom is -0.324 e. The zero-order chi connectivity index (χ0) is 24.7. The van der Waals surface area contributed by atoms with Gasteiger partial charge < -0.3 is 10.6 Å². The van der Waals surface area contributed by atoms with Crippen LogP contribution in [-0.2, 0) is 11.8 Å². The van der Waals surface area contributed by atoms with Crippen molar-refractivity contribution in [2.24, 2.45) is 7.05 Å². The molecule has 1 aliphatic rings. The number of aryl methyl sites for hydroxylation is 3. The molecule has 182 valence electrons. The lowest BCUT2D eigenvalue weighted by molar-refractivity contribution is -0.117. The van der Waals surface area contributed by atoms with Gasteiger partial charge in [0, 0.05) is 19.3 Å². The Morgan fingerprint density at radius 1 is 1.17 bits per heavy atom. The summed E-state index contributed by atoms with van der Waals surface area (Å²) in [4.78, 5) is 35.3. The number of fused-ring (bicyclic) bond motifs is 1. The van der Waals surface area contributed by atoms with Gasteiger partial charge in [-0.2, -0.15) is 20.1 Å². The van der Waals surface area contributed by atoms with Crippen molar-refractivity contribution in [2.75, 3.05) is 23.7 Å². The first-order valence-electron chi connectivity index (χ1n) is 11.5. The highest BCUT2D eigenvalue weighted by Gasteiger charge is 2.23. The Bertz CT molecular complexity index is 1420. The number of likely N-dealkylation sites (tertiary alicyclic amines) is 1. The molecule has 1 aliphatic heterocycles. The molecule has 0 spiro atoms. The molecule has 35 heavy (non-hydrogen) atoms. The second-order valence-corrected chi connectivity index (χ2v) is 9.88. The largest absolute Gasteiger partial charge is 0.324 e. The monoisotopic (exact) mass is 493 g/mol. The van der Waals surface area contributed by atoms with Gasteiger partial charge in [-0.15, -0.1) is 11.3 Å². The van der Waals surface area contributed by atoms with Crippen LogP contribution in [0.4, 0.5) is 11.4 Å². The summed E-state index contributed by atoms with van der Waals surface area (Å²) in [5.41, 5.74) is 3.74. The lowest BCUT2D eigenvalue weighted by Crippen LogP contribution is -2.35. The standard InChI is InChI=1S/C23H27N9O2S/c1-13-6-5-7-31(13)12-20(33)26-16-8-18(14(2)24-9-16)27-22(34)17-10-25-32-11-19(35-23(17)32)21-15(3)28-30(4)29-21/h8-11,13H,5-7,12H2,1-4H3,(H,26,33)(H,27,34)/t13-/m1/s1. The highest BCUT2D eigenvalue weighted by atomic mass is 32.1. The molecule has 0 unspecified atom stereocenters. The molecule has 0 saturated carbocycles. The second-order valence-electron chi connectivity index (χ2n) is 8.85. The summed E-state index contributed by atoms with van der Waals surface area (Å²) in [7, 11) is 1.77. The SMILES string of the molecule is Cc1ncc(NC(=O)CN2CCC[C@H]2C)cc1NC(=O)c1cnn2cc(-c3nn(C)nc3C)sc12. The summed E-state index contributed by atoms with van der Waals surface area (Å²) in [6.45, 7) is 7.12. The van der Waals surface area contributed by atoms with Gasteiger partial charge in [0.15, 0.2) is 0 Å². The number of anilines is 2. The van der Waals surface area contributed by atoms with E-state index in [4.69, 9.17) is 0 Å². The number of nitrogens with one attached hydrogen (secondary N) is 2. The van der Waals surface area contributed by atoms with Crippen molar-refractivity contribution in [3.8, 4) is 10.6 Å². The van der Waals surface area contributed by atoms with Crippen molar-refractivity contribution < 1.29 is 9.59 Å². The zero-order valence-electron chi connectivity index (χ0n) is 20.1. The van der Waals surface area contributed by atoms with Crippen LogP contribution in [-0.4, -0.2) is 65.4 Å². The van der Waals surface area contributed by atoms with Crippen LogP contribution in [0.1, 0.15) is 41.5 Å². The van der Waals surface area contributed by atoms with Crippen LogP contribution in [0.15, 0.2) is 24.7 Å². The van der Waals surface area contributed by atoms with Crippen LogP contribution in [0.25, 0.3) is 15.4 Å². The number of hydrogen-bond donors (Lipinski definition) is 2. The van der Waals surface area contributed by atoms with Crippen LogP contribution < -0.4 is 10.6 Å². The molecule has 1 saturated heterocycles. The molecule has 1 atom stereocenters. The zero-order valence-corrected chi connectivity index (χ0v) is 20.9. The summed E-state index contributed by atoms with van der Waals surface area (Å²) in [5.74, 6) is -0.394. The minimum atomic E-state index is -0.302. The number of aromatic nitrogens is 6. The third kappa shape index (κ3) is 4.66. The maximum absolute atomic E-state index is 13.1. The van der Waals surface area contributed by atoms with Gasteiger partial charge >= 0.3 is 0 Å². The summed E-state index contributed by atoms with van der Waals surface area (Å²) >= 11 is 1.43. The average Bonchev–Trinajstić information content (AvgIpc) is 3.55. The van der Waals surface area contributed by atoms with E-state index in [-0.39, 0.29) is 11.8 Å². The Balaban J connectivity index is 1.32. The smallest absolute Gasteiger partial charge is 0.260 e. The highest BCUT2D eigenvalue weighted by Crippen LogP contribution is 2.31. The van der Waals surface area contributed by atoms with E-state index in [0.717, 1.165) is 35.7 Å². The van der Waals surface area contributed by atoms with Gasteiger partial charge in [0.1, 0.15) is 10.5 Å². The molecule has 0 radical (unpaired) electrons. The normalized spacial score (nSPS) is 16.2. The Kier molecular flexibility index (Phi) is 6.07. The Labute approximate surface area is 206 Å². The van der Waals surface area contributed by atoms with Gasteiger partial charge in [0.05, 0.1) is 52.1 Å². The van der Waals surface area contributed by atoms with Crippen LogP contribution in [0.3, 0.4) is 0 Å². The molecule has 5 rings (SSSR count). The van der Waals surface area contributed by atoms with Crippen molar-refractivity contribution in [3.63, 3.8) is 0 Å². The molecule has 4 aromatic heterocycles. The summed E-state index contributed by atoms with van der Waals surface area (Å²) in [6, 6.07) is 2.14. The third-order valence-corrected chi connectivity index (χ3v) is 7.33. The lowest BCUT2D eigenvalue weighted by Gasteiger charge is -2.20. The first kappa shape index (κ1) is 23.1. The number of rotatable bonds is 6. The summed E-state index contributed by atoms with van der Waals surface area (Å²) in [6.07, 6.45) is 7.21. The molecule has 4 aromatic rings. The van der Waals surface area contributed by atoms with Gasteiger partial charge in [0.25, 0.3) is 5.91 Å². The first-order chi connectivity index (χ1) is 16.8. The molecular formula is C23H27N9O2S. The predicted octanol–water partition coefficient (Wildman–Crippen LogP) is 2.88. The Morgan fingerprint density at radius 2 is 2.00 bits per heavy atom. The number of thiazole rings is 1. The van der Waals surface area contributed by atoms with Crippen LogP contribution in [0, 0.1) is 13.8 Å². The summed E-state index contributed by atoms with van der Waals surface area (Å²) < 4.78 is 1.67. The number of nitrogens with zero attached hydrogens (tertiary/aromatic N) is 7. The average molecular weight is 494 g/mol. The lowest BCUT2D eigenvalue weighted by atomic mass is 10.2. The fourth-order valence-electron chi connectivity index (χ4n) is 4.31. The molecule has 2 N–H and O–H groups in total. The van der Waals surface area contributed by atoms with E-state index < -0.39 is 0 Å². The Hall–Kier alpha value is -3.64. The van der Waals surface area contributed by atoms with Gasteiger partial charge in [-0.3, -0.25) is 19.5 Å². The van der Waals surface area contributed by atoms with Gasteiger partial charge in [-0.1, -0.05) is 0 Å². The molecule has 11 nitrogen and oxygen atoms in total. The van der Waals surface area contributed by atoms with Gasteiger partial charge in [0.2, 0.25) is 5.91 Å². The molecule has 1 fully saturated rings. The molecule has 5 heterocycles. The minimum absolute atomic E-state index is 0.0922. The van der Waals surface area contributed by atoms with E-state index in [9.17, 15) is 9.59 Å². The number of carbonyl (C=O) groups is 2. The number of hydrogen-bond acceptors (Lipinski definition) is 8. The van der Waals surface area contributed by atoms with Crippen LogP contribution in [0.2, 0.25) is 0 Å². The van der Waals surface area contributed by atoms with Gasteiger partial charge in [-0.05, 0) is 46.2 Å². The van der Waals surface area contributed by atoms with Crippen molar-refractivity contribution >= 4 is 39.4 Å². The molecule has 0 bridgehead atoms.